The lowest BCUT2D eigenvalue weighted by molar-refractivity contribution is 0.643. The topological polar surface area (TPSA) is 29.3 Å². The molecule has 1 fully saturated rings. The standard InChI is InChI=1S/C15H23BrN2/c1-11(2)18(10-13-3-4-13)15-6-5-12(7-8-17)9-14(15)16/h5-6,9,11,13H,3-4,7-8,10,17H2,1-2H3. The summed E-state index contributed by atoms with van der Waals surface area (Å²) in [5, 5.41) is 0. The monoisotopic (exact) mass is 310 g/mol. The van der Waals surface area contributed by atoms with Crippen LogP contribution in [0.15, 0.2) is 22.7 Å². The maximum atomic E-state index is 5.61. The van der Waals surface area contributed by atoms with Gasteiger partial charge in [-0.1, -0.05) is 6.07 Å². The zero-order chi connectivity index (χ0) is 13.1. The number of rotatable bonds is 6. The van der Waals surface area contributed by atoms with E-state index in [1.165, 1.54) is 35.1 Å². The Bertz CT molecular complexity index is 399. The van der Waals surface area contributed by atoms with Crippen LogP contribution in [0.1, 0.15) is 32.3 Å². The van der Waals surface area contributed by atoms with Crippen LogP contribution in [0.5, 0.6) is 0 Å². The van der Waals surface area contributed by atoms with Crippen molar-refractivity contribution in [1.29, 1.82) is 0 Å². The molecule has 100 valence electrons. The second-order valence-corrected chi connectivity index (χ2v) is 6.37. The number of halogens is 1. The first kappa shape index (κ1) is 13.9. The normalized spacial score (nSPS) is 15.2. The van der Waals surface area contributed by atoms with Crippen molar-refractivity contribution in [3.05, 3.63) is 28.2 Å². The highest BCUT2D eigenvalue weighted by Gasteiger charge is 2.26. The third-order valence-corrected chi connectivity index (χ3v) is 4.16. The zero-order valence-electron chi connectivity index (χ0n) is 11.3. The quantitative estimate of drug-likeness (QED) is 0.870. The second-order valence-electron chi connectivity index (χ2n) is 5.51. The molecule has 0 atom stereocenters. The maximum Gasteiger partial charge on any atom is 0.0513 e. The van der Waals surface area contributed by atoms with Gasteiger partial charge in [0.15, 0.2) is 0 Å². The molecule has 0 bridgehead atoms. The predicted molar refractivity (Wildman–Crippen MR) is 82.1 cm³/mol. The molecule has 2 nitrogen and oxygen atoms in total. The summed E-state index contributed by atoms with van der Waals surface area (Å²) >= 11 is 3.71. The Labute approximate surface area is 119 Å². The summed E-state index contributed by atoms with van der Waals surface area (Å²) in [7, 11) is 0. The number of nitrogens with two attached hydrogens (primary N) is 1. The van der Waals surface area contributed by atoms with Crippen molar-refractivity contribution in [2.24, 2.45) is 11.7 Å². The lowest BCUT2D eigenvalue weighted by Gasteiger charge is -2.30. The fraction of sp³-hybridized carbons (Fsp3) is 0.600. The molecule has 0 saturated heterocycles. The van der Waals surface area contributed by atoms with Gasteiger partial charge in [-0.3, -0.25) is 0 Å². The molecule has 1 aliphatic rings. The van der Waals surface area contributed by atoms with Gasteiger partial charge >= 0.3 is 0 Å². The van der Waals surface area contributed by atoms with Gasteiger partial charge in [-0.05, 0) is 79.2 Å². The van der Waals surface area contributed by atoms with E-state index in [1.807, 2.05) is 0 Å². The first-order chi connectivity index (χ1) is 8.61. The van der Waals surface area contributed by atoms with Crippen molar-refractivity contribution in [2.75, 3.05) is 18.0 Å². The van der Waals surface area contributed by atoms with E-state index >= 15 is 0 Å². The molecule has 1 aliphatic carbocycles. The van der Waals surface area contributed by atoms with Crippen molar-refractivity contribution >= 4 is 21.6 Å². The van der Waals surface area contributed by atoms with Gasteiger partial charge < -0.3 is 10.6 Å². The molecule has 2 N–H and O–H groups in total. The Morgan fingerprint density at radius 1 is 1.39 bits per heavy atom. The number of anilines is 1. The largest absolute Gasteiger partial charge is 0.368 e. The predicted octanol–water partition coefficient (Wildman–Crippen LogP) is 3.58. The van der Waals surface area contributed by atoms with Crippen LogP contribution in [-0.2, 0) is 6.42 Å². The molecule has 0 spiro atoms. The molecular weight excluding hydrogens is 288 g/mol. The van der Waals surface area contributed by atoms with Crippen LogP contribution in [0.25, 0.3) is 0 Å². The highest BCUT2D eigenvalue weighted by molar-refractivity contribution is 9.10. The molecule has 0 heterocycles. The summed E-state index contributed by atoms with van der Waals surface area (Å²) in [6.45, 7) is 6.43. The Balaban J connectivity index is 2.17. The lowest BCUT2D eigenvalue weighted by atomic mass is 10.1. The summed E-state index contributed by atoms with van der Waals surface area (Å²) in [4.78, 5) is 2.51. The van der Waals surface area contributed by atoms with Crippen LogP contribution in [0.2, 0.25) is 0 Å². The molecule has 0 unspecified atom stereocenters. The lowest BCUT2D eigenvalue weighted by Crippen LogP contribution is -2.33. The van der Waals surface area contributed by atoms with Crippen LogP contribution in [-0.4, -0.2) is 19.1 Å². The van der Waals surface area contributed by atoms with Crippen molar-refractivity contribution in [1.82, 2.24) is 0 Å². The molecule has 1 aromatic carbocycles. The summed E-state index contributed by atoms with van der Waals surface area (Å²) in [6, 6.07) is 7.19. The first-order valence-electron chi connectivity index (χ1n) is 6.87. The Hall–Kier alpha value is -0.540. The molecule has 0 radical (unpaired) electrons. The average Bonchev–Trinajstić information content (AvgIpc) is 3.11. The van der Waals surface area contributed by atoms with E-state index in [0.717, 1.165) is 12.3 Å². The van der Waals surface area contributed by atoms with Gasteiger partial charge in [-0.15, -0.1) is 0 Å². The summed E-state index contributed by atoms with van der Waals surface area (Å²) in [6.07, 6.45) is 3.74. The van der Waals surface area contributed by atoms with Gasteiger partial charge in [0.1, 0.15) is 0 Å². The number of nitrogens with zero attached hydrogens (tertiary/aromatic N) is 1. The molecule has 18 heavy (non-hydrogen) atoms. The van der Waals surface area contributed by atoms with E-state index in [0.29, 0.717) is 12.6 Å². The van der Waals surface area contributed by atoms with Crippen molar-refractivity contribution in [3.63, 3.8) is 0 Å². The van der Waals surface area contributed by atoms with Gasteiger partial charge in [-0.25, -0.2) is 0 Å². The van der Waals surface area contributed by atoms with E-state index < -0.39 is 0 Å². The van der Waals surface area contributed by atoms with Crippen LogP contribution in [0, 0.1) is 5.92 Å². The molecule has 1 saturated carbocycles. The van der Waals surface area contributed by atoms with Gasteiger partial charge in [0.25, 0.3) is 0 Å². The maximum absolute atomic E-state index is 5.61. The third-order valence-electron chi connectivity index (χ3n) is 3.53. The van der Waals surface area contributed by atoms with Crippen molar-refractivity contribution < 1.29 is 0 Å². The van der Waals surface area contributed by atoms with Gasteiger partial charge in [0.05, 0.1) is 5.69 Å². The third kappa shape index (κ3) is 3.48. The molecule has 1 aromatic rings. The van der Waals surface area contributed by atoms with Gasteiger partial charge in [0, 0.05) is 17.1 Å². The van der Waals surface area contributed by atoms with Crippen LogP contribution < -0.4 is 10.6 Å². The van der Waals surface area contributed by atoms with E-state index in [-0.39, 0.29) is 0 Å². The van der Waals surface area contributed by atoms with E-state index in [4.69, 9.17) is 5.73 Å². The van der Waals surface area contributed by atoms with E-state index in [2.05, 4.69) is 52.9 Å². The Kier molecular flexibility index (Phi) is 4.68. The van der Waals surface area contributed by atoms with Crippen LogP contribution >= 0.6 is 15.9 Å². The van der Waals surface area contributed by atoms with Gasteiger partial charge in [0.2, 0.25) is 0 Å². The SMILES string of the molecule is CC(C)N(CC1CC1)c1ccc(CCN)cc1Br. The minimum atomic E-state index is 0.544. The number of hydrogen-bond acceptors (Lipinski definition) is 2. The van der Waals surface area contributed by atoms with Crippen LogP contribution in [0.3, 0.4) is 0 Å². The Morgan fingerprint density at radius 3 is 2.61 bits per heavy atom. The van der Waals surface area contributed by atoms with Crippen LogP contribution in [0.4, 0.5) is 5.69 Å². The summed E-state index contributed by atoms with van der Waals surface area (Å²) in [5.41, 5.74) is 8.23. The summed E-state index contributed by atoms with van der Waals surface area (Å²) in [5.74, 6) is 0.906. The molecule has 0 amide bonds. The fourth-order valence-electron chi connectivity index (χ4n) is 2.27. The highest BCUT2D eigenvalue weighted by atomic mass is 79.9. The van der Waals surface area contributed by atoms with E-state index in [1.54, 1.807) is 0 Å². The second kappa shape index (κ2) is 6.07. The van der Waals surface area contributed by atoms with E-state index in [9.17, 15) is 0 Å². The molecule has 0 aromatic heterocycles. The molecule has 0 aliphatic heterocycles. The molecule has 3 heteroatoms. The fourth-order valence-corrected chi connectivity index (χ4v) is 2.93. The number of hydrogen-bond donors (Lipinski definition) is 1. The van der Waals surface area contributed by atoms with Crippen molar-refractivity contribution in [3.8, 4) is 0 Å². The summed E-state index contributed by atoms with van der Waals surface area (Å²) < 4.78 is 1.20. The Morgan fingerprint density at radius 2 is 2.11 bits per heavy atom. The number of benzene rings is 1. The smallest absolute Gasteiger partial charge is 0.0513 e. The van der Waals surface area contributed by atoms with Gasteiger partial charge in [-0.2, -0.15) is 0 Å². The first-order valence-corrected chi connectivity index (χ1v) is 7.66. The minimum absolute atomic E-state index is 0.544. The molecule has 2 rings (SSSR count). The zero-order valence-corrected chi connectivity index (χ0v) is 12.9. The highest BCUT2D eigenvalue weighted by Crippen LogP contribution is 2.35. The minimum Gasteiger partial charge on any atom is -0.368 e. The van der Waals surface area contributed by atoms with Crippen molar-refractivity contribution in [2.45, 2.75) is 39.2 Å². The average molecular weight is 311 g/mol. The molecular formula is C15H23BrN2.